The molecule has 2 rings (SSSR count). The highest BCUT2D eigenvalue weighted by molar-refractivity contribution is 7.92. The number of hydrogen-bond donors (Lipinski definition) is 0. The van der Waals surface area contributed by atoms with Crippen molar-refractivity contribution in [3.05, 3.63) is 58.9 Å². The molecular weight excluding hydrogens is 351 g/mol. The first-order chi connectivity index (χ1) is 11.6. The molecule has 0 spiro atoms. The third kappa shape index (κ3) is 3.81. The van der Waals surface area contributed by atoms with E-state index in [-0.39, 0.29) is 12.5 Å². The summed E-state index contributed by atoms with van der Waals surface area (Å²) in [5, 5.41) is 0. The third-order valence-electron chi connectivity index (χ3n) is 3.72. The summed E-state index contributed by atoms with van der Waals surface area (Å²) < 4.78 is 67.8. The summed E-state index contributed by atoms with van der Waals surface area (Å²) in [6.45, 7) is 7.31. The molecule has 0 unspecified atom stereocenters. The van der Waals surface area contributed by atoms with Gasteiger partial charge in [-0.25, -0.2) is 21.6 Å². The summed E-state index contributed by atoms with van der Waals surface area (Å²) in [5.41, 5.74) is 2.01. The van der Waals surface area contributed by atoms with Crippen molar-refractivity contribution in [1.29, 1.82) is 0 Å². The number of benzene rings is 2. The number of rotatable bonds is 5. The monoisotopic (exact) mass is 371 g/mol. The van der Waals surface area contributed by atoms with Crippen LogP contribution in [-0.4, -0.2) is 15.0 Å². The molecule has 0 aromatic heterocycles. The van der Waals surface area contributed by atoms with Crippen molar-refractivity contribution in [1.82, 2.24) is 0 Å². The molecule has 0 aliphatic rings. The van der Waals surface area contributed by atoms with Gasteiger partial charge in [-0.15, -0.1) is 0 Å². The Balaban J connectivity index is 2.67. The molecule has 7 heteroatoms. The minimum absolute atomic E-state index is 0.0659. The molecule has 0 amide bonds. The fourth-order valence-electron chi connectivity index (χ4n) is 2.57. The quantitative estimate of drug-likeness (QED) is 0.722. The first kappa shape index (κ1) is 19.3. The zero-order valence-corrected chi connectivity index (χ0v) is 15.3. The molecule has 3 nitrogen and oxygen atoms in total. The Labute approximate surface area is 146 Å². The van der Waals surface area contributed by atoms with E-state index < -0.39 is 32.4 Å². The van der Waals surface area contributed by atoms with Gasteiger partial charge in [0, 0.05) is 6.54 Å². The molecule has 0 bridgehead atoms. The predicted molar refractivity (Wildman–Crippen MR) is 91.6 cm³/mol. The fourth-order valence-corrected chi connectivity index (χ4v) is 4.32. The number of nitrogens with zero attached hydrogens (tertiary/aromatic N) is 1. The average molecular weight is 371 g/mol. The smallest absolute Gasteiger partial charge is 0.266 e. The normalized spacial score (nSPS) is 11.8. The first-order valence-electron chi connectivity index (χ1n) is 7.79. The Bertz CT molecular complexity index is 895. The molecule has 2 aromatic carbocycles. The van der Waals surface area contributed by atoms with Gasteiger partial charge in [0.05, 0.1) is 5.69 Å². The fraction of sp³-hybridized carbons (Fsp3) is 0.333. The van der Waals surface area contributed by atoms with Crippen molar-refractivity contribution in [2.75, 3.05) is 10.8 Å². The van der Waals surface area contributed by atoms with Crippen molar-refractivity contribution in [3.63, 3.8) is 0 Å². The summed E-state index contributed by atoms with van der Waals surface area (Å²) in [6, 6.07) is 6.54. The summed E-state index contributed by atoms with van der Waals surface area (Å²) in [5.74, 6) is -5.01. The lowest BCUT2D eigenvalue weighted by molar-refractivity contribution is 0.432. The van der Waals surface area contributed by atoms with Crippen molar-refractivity contribution in [2.24, 2.45) is 5.92 Å². The number of aryl methyl sites for hydroxylation is 2. The zero-order valence-electron chi connectivity index (χ0n) is 14.5. The molecule has 0 aliphatic carbocycles. The van der Waals surface area contributed by atoms with E-state index >= 15 is 0 Å². The van der Waals surface area contributed by atoms with Crippen LogP contribution in [0.2, 0.25) is 0 Å². The second kappa shape index (κ2) is 7.07. The van der Waals surface area contributed by atoms with E-state index in [4.69, 9.17) is 0 Å². The van der Waals surface area contributed by atoms with Gasteiger partial charge in [-0.1, -0.05) is 31.5 Å². The van der Waals surface area contributed by atoms with E-state index in [1.165, 1.54) is 0 Å². The Morgan fingerprint density at radius 2 is 1.64 bits per heavy atom. The molecule has 0 saturated heterocycles. The van der Waals surface area contributed by atoms with Gasteiger partial charge in [-0.05, 0) is 43.5 Å². The number of halogens is 3. The summed E-state index contributed by atoms with van der Waals surface area (Å²) >= 11 is 0. The van der Waals surface area contributed by atoms with E-state index in [1.54, 1.807) is 25.1 Å². The highest BCUT2D eigenvalue weighted by atomic mass is 32.2. The molecule has 0 heterocycles. The SMILES string of the molecule is Cc1ccc(N(CC(C)C)S(=O)(=O)c2ccc(F)c(F)c2F)c(C)c1. The lowest BCUT2D eigenvalue weighted by atomic mass is 10.1. The molecule has 136 valence electrons. The van der Waals surface area contributed by atoms with Crippen LogP contribution in [0.4, 0.5) is 18.9 Å². The van der Waals surface area contributed by atoms with E-state index in [0.29, 0.717) is 17.3 Å². The standard InChI is InChI=1S/C18H20F3NO2S/c1-11(2)10-22(15-7-5-12(3)9-13(15)4)25(23,24)16-8-6-14(19)17(20)18(16)21/h5-9,11H,10H2,1-4H3. The Morgan fingerprint density at radius 3 is 2.20 bits per heavy atom. The number of sulfonamides is 1. The molecule has 0 radical (unpaired) electrons. The number of hydrogen-bond acceptors (Lipinski definition) is 2. The topological polar surface area (TPSA) is 37.4 Å². The summed E-state index contributed by atoms with van der Waals surface area (Å²) in [6.07, 6.45) is 0. The van der Waals surface area contributed by atoms with Crippen molar-refractivity contribution in [3.8, 4) is 0 Å². The van der Waals surface area contributed by atoms with Crippen LogP contribution in [-0.2, 0) is 10.0 Å². The van der Waals surface area contributed by atoms with Crippen LogP contribution in [0, 0.1) is 37.2 Å². The zero-order chi connectivity index (χ0) is 18.9. The molecule has 0 aliphatic heterocycles. The Kier molecular flexibility index (Phi) is 5.46. The van der Waals surface area contributed by atoms with Gasteiger partial charge < -0.3 is 0 Å². The van der Waals surface area contributed by atoms with Crippen LogP contribution in [0.3, 0.4) is 0 Å². The van der Waals surface area contributed by atoms with Gasteiger partial charge in [0.25, 0.3) is 10.0 Å². The molecule has 0 saturated carbocycles. The van der Waals surface area contributed by atoms with Crippen molar-refractivity contribution < 1.29 is 21.6 Å². The van der Waals surface area contributed by atoms with Gasteiger partial charge in [-0.3, -0.25) is 4.31 Å². The van der Waals surface area contributed by atoms with Gasteiger partial charge in [0.15, 0.2) is 17.5 Å². The Hall–Kier alpha value is -2.02. The van der Waals surface area contributed by atoms with Crippen molar-refractivity contribution >= 4 is 15.7 Å². The van der Waals surface area contributed by atoms with Crippen LogP contribution in [0.5, 0.6) is 0 Å². The van der Waals surface area contributed by atoms with Gasteiger partial charge >= 0.3 is 0 Å². The van der Waals surface area contributed by atoms with Crippen molar-refractivity contribution in [2.45, 2.75) is 32.6 Å². The highest BCUT2D eigenvalue weighted by Gasteiger charge is 2.31. The van der Waals surface area contributed by atoms with Crippen LogP contribution in [0.15, 0.2) is 35.2 Å². The second-order valence-electron chi connectivity index (χ2n) is 6.39. The van der Waals surface area contributed by atoms with Crippen LogP contribution in [0.25, 0.3) is 0 Å². The molecular formula is C18H20F3NO2S. The maximum Gasteiger partial charge on any atom is 0.267 e. The number of anilines is 1. The maximum atomic E-state index is 14.1. The minimum atomic E-state index is -4.40. The predicted octanol–water partition coefficient (Wildman–Crippen LogP) is 4.57. The van der Waals surface area contributed by atoms with Gasteiger partial charge in [-0.2, -0.15) is 0 Å². The first-order valence-corrected chi connectivity index (χ1v) is 9.23. The van der Waals surface area contributed by atoms with E-state index in [9.17, 15) is 21.6 Å². The lowest BCUT2D eigenvalue weighted by Crippen LogP contribution is -2.35. The van der Waals surface area contributed by atoms with E-state index in [2.05, 4.69) is 0 Å². The van der Waals surface area contributed by atoms with Gasteiger partial charge in [0.1, 0.15) is 4.90 Å². The average Bonchev–Trinajstić information content (AvgIpc) is 2.50. The van der Waals surface area contributed by atoms with Crippen LogP contribution in [0.1, 0.15) is 25.0 Å². The molecule has 2 aromatic rings. The lowest BCUT2D eigenvalue weighted by Gasteiger charge is -2.28. The van der Waals surface area contributed by atoms with Crippen LogP contribution < -0.4 is 4.31 Å². The molecule has 0 atom stereocenters. The van der Waals surface area contributed by atoms with Gasteiger partial charge in [0.2, 0.25) is 0 Å². The molecule has 0 N–H and O–H groups in total. The summed E-state index contributed by atoms with van der Waals surface area (Å²) in [4.78, 5) is -0.882. The van der Waals surface area contributed by atoms with E-state index in [0.717, 1.165) is 15.9 Å². The maximum absolute atomic E-state index is 14.1. The van der Waals surface area contributed by atoms with Crippen LogP contribution >= 0.6 is 0 Å². The molecule has 25 heavy (non-hydrogen) atoms. The molecule has 0 fully saturated rings. The summed E-state index contributed by atoms with van der Waals surface area (Å²) in [7, 11) is -4.40. The highest BCUT2D eigenvalue weighted by Crippen LogP contribution is 2.30. The third-order valence-corrected chi connectivity index (χ3v) is 5.52. The Morgan fingerprint density at radius 1 is 1.00 bits per heavy atom. The second-order valence-corrected chi connectivity index (χ2v) is 8.22. The minimum Gasteiger partial charge on any atom is -0.266 e. The largest absolute Gasteiger partial charge is 0.267 e. The van der Waals surface area contributed by atoms with E-state index in [1.807, 2.05) is 20.8 Å².